The van der Waals surface area contributed by atoms with E-state index in [2.05, 4.69) is 10.8 Å². The average Bonchev–Trinajstić information content (AvgIpc) is 2.39. The second-order valence-corrected chi connectivity index (χ2v) is 4.48. The molecule has 90 valence electrons. The molecule has 0 radical (unpaired) electrons. The first-order valence-corrected chi connectivity index (χ1v) is 5.47. The zero-order valence-electron chi connectivity index (χ0n) is 8.80. The number of nitrogens with zero attached hydrogens (tertiary/aromatic N) is 1. The van der Waals surface area contributed by atoms with Crippen molar-refractivity contribution in [3.05, 3.63) is 0 Å². The molecule has 0 spiro atoms. The van der Waals surface area contributed by atoms with E-state index < -0.39 is 18.2 Å². The van der Waals surface area contributed by atoms with Crippen LogP contribution in [-0.4, -0.2) is 41.4 Å². The molecule has 2 rings (SSSR count). The highest BCUT2D eigenvalue weighted by atomic mass is 19.4. The van der Waals surface area contributed by atoms with Gasteiger partial charge in [0.2, 0.25) is 0 Å². The summed E-state index contributed by atoms with van der Waals surface area (Å²) < 4.78 is 35.7. The second-order valence-electron chi connectivity index (χ2n) is 4.48. The van der Waals surface area contributed by atoms with E-state index >= 15 is 0 Å². The molecule has 1 heterocycles. The van der Waals surface area contributed by atoms with Crippen LogP contribution < -0.4 is 0 Å². The quantitative estimate of drug-likeness (QED) is 0.692. The first-order chi connectivity index (χ1) is 7.46. The SMILES string of the molecule is O[C@@H]1CN(C2CCC2)C[C@H]1C#CC(F)(F)F. The Hall–Kier alpha value is -0.730. The van der Waals surface area contributed by atoms with Gasteiger partial charge in [-0.05, 0) is 12.8 Å². The number of halogens is 3. The maximum Gasteiger partial charge on any atom is 0.457 e. The molecular formula is C11H14F3NO. The second kappa shape index (κ2) is 4.27. The van der Waals surface area contributed by atoms with Gasteiger partial charge in [0.1, 0.15) is 0 Å². The highest BCUT2D eigenvalue weighted by Crippen LogP contribution is 2.29. The normalized spacial score (nSPS) is 32.0. The van der Waals surface area contributed by atoms with Gasteiger partial charge in [0.15, 0.2) is 0 Å². The van der Waals surface area contributed by atoms with Gasteiger partial charge in [-0.2, -0.15) is 13.2 Å². The highest BCUT2D eigenvalue weighted by molar-refractivity contribution is 5.13. The Balaban J connectivity index is 1.93. The lowest BCUT2D eigenvalue weighted by Gasteiger charge is -2.34. The lowest BCUT2D eigenvalue weighted by molar-refractivity contribution is -0.0698. The Bertz CT molecular complexity index is 313. The van der Waals surface area contributed by atoms with Crippen molar-refractivity contribution in [3.8, 4) is 11.8 Å². The number of rotatable bonds is 1. The molecule has 1 saturated carbocycles. The lowest BCUT2D eigenvalue weighted by atomic mass is 9.92. The molecule has 1 aliphatic carbocycles. The van der Waals surface area contributed by atoms with Crippen molar-refractivity contribution in [1.82, 2.24) is 4.90 Å². The third kappa shape index (κ3) is 2.69. The van der Waals surface area contributed by atoms with E-state index in [9.17, 15) is 18.3 Å². The van der Waals surface area contributed by atoms with Crippen molar-refractivity contribution < 1.29 is 18.3 Å². The van der Waals surface area contributed by atoms with Crippen LogP contribution in [0.4, 0.5) is 13.2 Å². The predicted octanol–water partition coefficient (Wildman–Crippen LogP) is 1.40. The van der Waals surface area contributed by atoms with E-state index in [-0.39, 0.29) is 0 Å². The topological polar surface area (TPSA) is 23.5 Å². The highest BCUT2D eigenvalue weighted by Gasteiger charge is 2.36. The van der Waals surface area contributed by atoms with Gasteiger partial charge in [-0.3, -0.25) is 4.90 Å². The van der Waals surface area contributed by atoms with Crippen LogP contribution in [0.3, 0.4) is 0 Å². The minimum Gasteiger partial charge on any atom is -0.390 e. The Labute approximate surface area is 92.4 Å². The van der Waals surface area contributed by atoms with E-state index in [4.69, 9.17) is 0 Å². The minimum atomic E-state index is -4.45. The van der Waals surface area contributed by atoms with Gasteiger partial charge in [0.25, 0.3) is 0 Å². The number of aliphatic hydroxyl groups excluding tert-OH is 1. The summed E-state index contributed by atoms with van der Waals surface area (Å²) in [4.78, 5) is 2.06. The van der Waals surface area contributed by atoms with Crippen LogP contribution in [0.2, 0.25) is 0 Å². The number of hydrogen-bond acceptors (Lipinski definition) is 2. The Morgan fingerprint density at radius 2 is 1.88 bits per heavy atom. The zero-order valence-corrected chi connectivity index (χ0v) is 8.80. The van der Waals surface area contributed by atoms with Crippen molar-refractivity contribution in [2.24, 2.45) is 5.92 Å². The van der Waals surface area contributed by atoms with Crippen LogP contribution >= 0.6 is 0 Å². The molecule has 1 aliphatic heterocycles. The Morgan fingerprint density at radius 1 is 1.19 bits per heavy atom. The van der Waals surface area contributed by atoms with Crippen LogP contribution in [0.25, 0.3) is 0 Å². The van der Waals surface area contributed by atoms with Crippen LogP contribution in [0.1, 0.15) is 19.3 Å². The molecule has 0 unspecified atom stereocenters. The number of aliphatic hydroxyl groups is 1. The van der Waals surface area contributed by atoms with Gasteiger partial charge in [-0.25, -0.2) is 0 Å². The zero-order chi connectivity index (χ0) is 11.8. The fourth-order valence-electron chi connectivity index (χ4n) is 2.18. The molecular weight excluding hydrogens is 219 g/mol. The summed E-state index contributed by atoms with van der Waals surface area (Å²) in [5.74, 6) is 2.84. The van der Waals surface area contributed by atoms with Crippen molar-refractivity contribution in [2.75, 3.05) is 13.1 Å². The van der Waals surface area contributed by atoms with Crippen molar-refractivity contribution in [1.29, 1.82) is 0 Å². The molecule has 1 saturated heterocycles. The van der Waals surface area contributed by atoms with E-state index in [1.807, 2.05) is 0 Å². The molecule has 5 heteroatoms. The summed E-state index contributed by atoms with van der Waals surface area (Å²) in [6.07, 6.45) is -1.84. The molecule has 2 nitrogen and oxygen atoms in total. The van der Waals surface area contributed by atoms with Gasteiger partial charge >= 0.3 is 6.18 Å². The van der Waals surface area contributed by atoms with E-state index in [0.717, 1.165) is 12.8 Å². The summed E-state index contributed by atoms with van der Waals surface area (Å²) in [6.45, 7) is 0.927. The molecule has 16 heavy (non-hydrogen) atoms. The minimum absolute atomic E-state index is 0.451. The van der Waals surface area contributed by atoms with Crippen molar-refractivity contribution in [3.63, 3.8) is 0 Å². The maximum absolute atomic E-state index is 11.9. The average molecular weight is 233 g/mol. The van der Waals surface area contributed by atoms with Crippen LogP contribution in [0.15, 0.2) is 0 Å². The number of alkyl halides is 3. The van der Waals surface area contributed by atoms with Crippen molar-refractivity contribution in [2.45, 2.75) is 37.6 Å². The molecule has 0 aromatic rings. The van der Waals surface area contributed by atoms with Crippen molar-refractivity contribution >= 4 is 0 Å². The summed E-state index contributed by atoms with van der Waals surface area (Å²) in [7, 11) is 0. The van der Waals surface area contributed by atoms with E-state index in [1.54, 1.807) is 0 Å². The fourth-order valence-corrected chi connectivity index (χ4v) is 2.18. The summed E-state index contributed by atoms with van der Waals surface area (Å²) in [5.41, 5.74) is 0. The van der Waals surface area contributed by atoms with Crippen LogP contribution in [0.5, 0.6) is 0 Å². The number of likely N-dealkylation sites (tertiary alicyclic amines) is 1. The van der Waals surface area contributed by atoms with E-state index in [0.29, 0.717) is 19.1 Å². The predicted molar refractivity (Wildman–Crippen MR) is 52.5 cm³/mol. The van der Waals surface area contributed by atoms with Gasteiger partial charge in [0, 0.05) is 25.1 Å². The third-order valence-electron chi connectivity index (χ3n) is 3.31. The molecule has 0 aromatic carbocycles. The number of β-amino-alcohol motifs (C(OH)–C–C–N with tert-alkyl or cyclic N) is 1. The molecule has 0 amide bonds. The summed E-state index contributed by atoms with van der Waals surface area (Å²) in [6, 6.07) is 0.451. The standard InChI is InChI=1S/C11H14F3NO/c12-11(13,14)5-4-8-6-15(7-10(8)16)9-2-1-3-9/h8-10,16H,1-3,6-7H2/t8-,10-/m1/s1. The Kier molecular flexibility index (Phi) is 3.13. The van der Waals surface area contributed by atoms with Gasteiger partial charge in [-0.1, -0.05) is 12.3 Å². The first kappa shape index (κ1) is 11.7. The first-order valence-electron chi connectivity index (χ1n) is 5.47. The van der Waals surface area contributed by atoms with Gasteiger partial charge < -0.3 is 5.11 Å². The van der Waals surface area contributed by atoms with E-state index in [1.165, 1.54) is 12.3 Å². The monoisotopic (exact) mass is 233 g/mol. The summed E-state index contributed by atoms with van der Waals surface area (Å²) in [5, 5.41) is 9.61. The van der Waals surface area contributed by atoms with Crippen LogP contribution in [-0.2, 0) is 0 Å². The maximum atomic E-state index is 11.9. The van der Waals surface area contributed by atoms with Gasteiger partial charge in [0.05, 0.1) is 12.0 Å². The smallest absolute Gasteiger partial charge is 0.390 e. The molecule has 0 bridgehead atoms. The fraction of sp³-hybridized carbons (Fsp3) is 0.818. The largest absolute Gasteiger partial charge is 0.457 e. The van der Waals surface area contributed by atoms with Crippen LogP contribution in [0, 0.1) is 17.8 Å². The molecule has 2 fully saturated rings. The number of hydrogen-bond donors (Lipinski definition) is 1. The Morgan fingerprint density at radius 3 is 2.38 bits per heavy atom. The molecule has 0 aromatic heterocycles. The molecule has 1 N–H and O–H groups in total. The lowest BCUT2D eigenvalue weighted by Crippen LogP contribution is -2.38. The summed E-state index contributed by atoms with van der Waals surface area (Å²) >= 11 is 0. The third-order valence-corrected chi connectivity index (χ3v) is 3.31. The molecule has 2 atom stereocenters. The molecule has 2 aliphatic rings. The van der Waals surface area contributed by atoms with Gasteiger partial charge in [-0.15, -0.1) is 0 Å².